The number of piperazine rings is 1. The van der Waals surface area contributed by atoms with Gasteiger partial charge in [-0.2, -0.15) is 13.2 Å². The van der Waals surface area contributed by atoms with Gasteiger partial charge in [0.15, 0.2) is 0 Å². The van der Waals surface area contributed by atoms with Gasteiger partial charge in [-0.25, -0.2) is 0 Å². The van der Waals surface area contributed by atoms with E-state index in [2.05, 4.69) is 9.88 Å². The van der Waals surface area contributed by atoms with E-state index < -0.39 is 18.0 Å². The van der Waals surface area contributed by atoms with Crippen LogP contribution < -0.4 is 11.1 Å². The van der Waals surface area contributed by atoms with E-state index in [1.54, 1.807) is 42.5 Å². The number of nitrogens with two attached hydrogens (primary N) is 1. The zero-order chi connectivity index (χ0) is 30.5. The van der Waals surface area contributed by atoms with Gasteiger partial charge >= 0.3 is 12.1 Å². The van der Waals surface area contributed by atoms with Crippen LogP contribution in [-0.2, 0) is 16.0 Å². The van der Waals surface area contributed by atoms with Crippen LogP contribution in [0.4, 0.5) is 18.9 Å². The molecule has 2 heterocycles. The average Bonchev–Trinajstić information content (AvgIpc) is 3.36. The molecule has 4 N–H and O–H groups in total. The van der Waals surface area contributed by atoms with Gasteiger partial charge in [-0.3, -0.25) is 14.4 Å². The number of halogens is 3. The number of aromatic nitrogens is 1. The molecule has 0 saturated carbocycles. The van der Waals surface area contributed by atoms with Crippen molar-refractivity contribution in [1.82, 2.24) is 14.8 Å². The van der Waals surface area contributed by atoms with Crippen LogP contribution in [0.25, 0.3) is 43.7 Å². The second-order valence-corrected chi connectivity index (χ2v) is 10.8. The van der Waals surface area contributed by atoms with Crippen LogP contribution in [0.2, 0.25) is 0 Å². The topological polar surface area (TPSA) is 112 Å². The summed E-state index contributed by atoms with van der Waals surface area (Å²) in [6, 6.07) is 19.1. The highest BCUT2D eigenvalue weighted by atomic mass is 19.4. The normalized spacial score (nSPS) is 14.5. The van der Waals surface area contributed by atoms with Gasteiger partial charge in [0.2, 0.25) is 5.91 Å². The highest BCUT2D eigenvalue weighted by Gasteiger charge is 2.39. The predicted molar refractivity (Wildman–Crippen MR) is 160 cm³/mol. The molecule has 3 amide bonds. The van der Waals surface area contributed by atoms with Crippen LogP contribution in [-0.4, -0.2) is 71.9 Å². The number of benzene rings is 4. The smallest absolute Gasteiger partial charge is 0.369 e. The Labute approximate surface area is 244 Å². The average molecular weight is 588 g/mol. The van der Waals surface area contributed by atoms with Crippen LogP contribution in [0, 0.1) is 0 Å². The third-order valence-corrected chi connectivity index (χ3v) is 7.96. The van der Waals surface area contributed by atoms with Crippen molar-refractivity contribution in [2.75, 3.05) is 38.5 Å². The van der Waals surface area contributed by atoms with E-state index in [0.717, 1.165) is 35.0 Å². The zero-order valence-electron chi connectivity index (χ0n) is 23.2. The number of alkyl halides is 3. The second-order valence-electron chi connectivity index (χ2n) is 10.8. The molecule has 5 aromatic rings. The van der Waals surface area contributed by atoms with E-state index in [0.29, 0.717) is 46.0 Å². The van der Waals surface area contributed by atoms with Crippen LogP contribution >= 0.6 is 0 Å². The predicted octanol–water partition coefficient (Wildman–Crippen LogP) is 5.06. The van der Waals surface area contributed by atoms with Crippen molar-refractivity contribution in [1.29, 1.82) is 0 Å². The summed E-state index contributed by atoms with van der Waals surface area (Å²) in [7, 11) is 2.02. The first-order valence-electron chi connectivity index (χ1n) is 13.7. The SMILES string of the molecule is CN1CCN(C(=O)c2ccc3c(c2)[nH]c2c(CC(N)=O)ccc(-c4ccc(NC(=O)C(F)(F)F)c5ccccc45)c23)CC1. The molecule has 8 nitrogen and oxygen atoms in total. The molecule has 1 aromatic heterocycles. The number of carbonyl (C=O) groups is 3. The molecule has 11 heteroatoms. The summed E-state index contributed by atoms with van der Waals surface area (Å²) < 4.78 is 39.1. The number of nitrogens with one attached hydrogen (secondary N) is 2. The third-order valence-electron chi connectivity index (χ3n) is 7.96. The summed E-state index contributed by atoms with van der Waals surface area (Å²) in [5, 5.41) is 4.64. The number of fused-ring (bicyclic) bond motifs is 4. The first-order valence-corrected chi connectivity index (χ1v) is 13.7. The Hall–Kier alpha value is -4.90. The van der Waals surface area contributed by atoms with Gasteiger partial charge in [-0.15, -0.1) is 0 Å². The maximum atomic E-state index is 13.3. The Bertz CT molecular complexity index is 1920. The summed E-state index contributed by atoms with van der Waals surface area (Å²) in [5.41, 5.74) is 9.66. The Morgan fingerprint density at radius 1 is 0.884 bits per heavy atom. The first kappa shape index (κ1) is 28.2. The summed E-state index contributed by atoms with van der Waals surface area (Å²) in [5.74, 6) is -2.62. The van der Waals surface area contributed by atoms with Crippen molar-refractivity contribution in [3.05, 3.63) is 77.9 Å². The monoisotopic (exact) mass is 587 g/mol. The van der Waals surface area contributed by atoms with Gasteiger partial charge in [-0.05, 0) is 47.3 Å². The summed E-state index contributed by atoms with van der Waals surface area (Å²) in [6.07, 6.45) is -5.04. The number of H-pyrrole nitrogens is 1. The van der Waals surface area contributed by atoms with Crippen LogP contribution in [0.15, 0.2) is 66.7 Å². The maximum absolute atomic E-state index is 13.3. The van der Waals surface area contributed by atoms with E-state index in [4.69, 9.17) is 5.73 Å². The molecule has 0 aliphatic carbocycles. The Morgan fingerprint density at radius 2 is 1.58 bits per heavy atom. The number of carbonyl (C=O) groups excluding carboxylic acids is 3. The molecule has 1 fully saturated rings. The number of hydrogen-bond donors (Lipinski definition) is 3. The molecule has 220 valence electrons. The molecule has 0 radical (unpaired) electrons. The number of amides is 3. The molecule has 0 spiro atoms. The number of primary amides is 1. The largest absolute Gasteiger partial charge is 0.471 e. The number of anilines is 1. The highest BCUT2D eigenvalue weighted by molar-refractivity contribution is 6.19. The Balaban J connectivity index is 1.51. The van der Waals surface area contributed by atoms with Crippen LogP contribution in [0.5, 0.6) is 0 Å². The van der Waals surface area contributed by atoms with E-state index >= 15 is 0 Å². The first-order chi connectivity index (χ1) is 20.5. The van der Waals surface area contributed by atoms with Gasteiger partial charge in [0, 0.05) is 59.1 Å². The van der Waals surface area contributed by atoms with Crippen LogP contribution in [0.3, 0.4) is 0 Å². The fraction of sp³-hybridized carbons (Fsp3) is 0.219. The highest BCUT2D eigenvalue weighted by Crippen LogP contribution is 2.41. The fourth-order valence-electron chi connectivity index (χ4n) is 5.79. The Morgan fingerprint density at radius 3 is 2.28 bits per heavy atom. The lowest BCUT2D eigenvalue weighted by Gasteiger charge is -2.32. The molecule has 43 heavy (non-hydrogen) atoms. The van der Waals surface area contributed by atoms with Crippen molar-refractivity contribution in [2.45, 2.75) is 12.6 Å². The van der Waals surface area contributed by atoms with Crippen molar-refractivity contribution in [2.24, 2.45) is 5.73 Å². The number of aromatic amines is 1. The van der Waals surface area contributed by atoms with E-state index in [1.165, 1.54) is 6.07 Å². The van der Waals surface area contributed by atoms with Crippen molar-refractivity contribution in [3.63, 3.8) is 0 Å². The second kappa shape index (κ2) is 10.7. The maximum Gasteiger partial charge on any atom is 0.471 e. The molecule has 0 unspecified atom stereocenters. The quantitative estimate of drug-likeness (QED) is 0.267. The van der Waals surface area contributed by atoms with Gasteiger partial charge < -0.3 is 25.8 Å². The van der Waals surface area contributed by atoms with Gasteiger partial charge in [0.05, 0.1) is 11.9 Å². The van der Waals surface area contributed by atoms with E-state index in [9.17, 15) is 27.6 Å². The molecule has 6 rings (SSSR count). The summed E-state index contributed by atoms with van der Waals surface area (Å²) >= 11 is 0. The molecule has 1 aliphatic heterocycles. The van der Waals surface area contributed by atoms with Gasteiger partial charge in [-0.1, -0.05) is 48.5 Å². The number of rotatable bonds is 5. The molecule has 4 aromatic carbocycles. The lowest BCUT2D eigenvalue weighted by atomic mass is 9.92. The van der Waals surface area contributed by atoms with E-state index in [1.807, 2.05) is 35.5 Å². The molecule has 1 saturated heterocycles. The van der Waals surface area contributed by atoms with Gasteiger partial charge in [0.1, 0.15) is 0 Å². The molecular weight excluding hydrogens is 559 g/mol. The van der Waals surface area contributed by atoms with E-state index in [-0.39, 0.29) is 18.0 Å². The Kier molecular flexibility index (Phi) is 7.05. The number of likely N-dealkylation sites (N-methyl/N-ethyl adjacent to an activating group) is 1. The summed E-state index contributed by atoms with van der Waals surface area (Å²) in [6.45, 7) is 2.87. The van der Waals surface area contributed by atoms with Gasteiger partial charge in [0.25, 0.3) is 5.91 Å². The molecule has 0 atom stereocenters. The van der Waals surface area contributed by atoms with Crippen molar-refractivity contribution < 1.29 is 27.6 Å². The van der Waals surface area contributed by atoms with Crippen molar-refractivity contribution in [3.8, 4) is 11.1 Å². The lowest BCUT2D eigenvalue weighted by Crippen LogP contribution is -2.47. The number of hydrogen-bond acceptors (Lipinski definition) is 4. The standard InChI is InChI=1S/C32H28F3N5O3/c1-39-12-14-40(15-13-39)30(42)19-7-9-24-26(16-19)37-29-18(17-27(36)41)6-8-23(28(24)29)21-10-11-25(38-31(43)32(33,34)35)22-5-3-2-4-20(21)22/h2-11,16,37H,12-15,17H2,1H3,(H2,36,41)(H,38,43). The van der Waals surface area contributed by atoms with Crippen molar-refractivity contribution >= 4 is 56.0 Å². The van der Waals surface area contributed by atoms with Crippen LogP contribution in [0.1, 0.15) is 15.9 Å². The fourth-order valence-corrected chi connectivity index (χ4v) is 5.79. The third kappa shape index (κ3) is 5.27. The minimum absolute atomic E-state index is 0.0140. The molecule has 1 aliphatic rings. The minimum Gasteiger partial charge on any atom is -0.369 e. The lowest BCUT2D eigenvalue weighted by molar-refractivity contribution is -0.167. The zero-order valence-corrected chi connectivity index (χ0v) is 23.2. The molecular formula is C32H28F3N5O3. The minimum atomic E-state index is -5.03. The number of nitrogens with zero attached hydrogens (tertiary/aromatic N) is 2. The molecule has 0 bridgehead atoms. The summed E-state index contributed by atoms with van der Waals surface area (Å²) in [4.78, 5) is 44.4.